The zero-order chi connectivity index (χ0) is 24.8. The van der Waals surface area contributed by atoms with Gasteiger partial charge in [0.25, 0.3) is 5.91 Å². The van der Waals surface area contributed by atoms with Crippen LogP contribution < -0.4 is 19.7 Å². The van der Waals surface area contributed by atoms with E-state index in [0.29, 0.717) is 22.8 Å². The molecule has 1 unspecified atom stereocenters. The third kappa shape index (κ3) is 6.14. The van der Waals surface area contributed by atoms with Gasteiger partial charge in [0.05, 0.1) is 19.8 Å². The van der Waals surface area contributed by atoms with E-state index in [0.717, 1.165) is 39.1 Å². The van der Waals surface area contributed by atoms with Crippen LogP contribution in [-0.4, -0.2) is 68.9 Å². The number of hydrogen-bond donors (Lipinski definition) is 1. The number of carbonyl (C=O) groups is 1. The summed E-state index contributed by atoms with van der Waals surface area (Å²) in [5, 5.41) is 7.01. The van der Waals surface area contributed by atoms with Crippen molar-refractivity contribution in [3.63, 3.8) is 0 Å². The van der Waals surface area contributed by atoms with E-state index in [1.54, 1.807) is 38.5 Å². The number of amides is 1. The Morgan fingerprint density at radius 1 is 1.09 bits per heavy atom. The summed E-state index contributed by atoms with van der Waals surface area (Å²) in [4.78, 5) is 17.6. The van der Waals surface area contributed by atoms with Crippen molar-refractivity contribution in [1.29, 1.82) is 0 Å². The van der Waals surface area contributed by atoms with Crippen LogP contribution in [0, 0.1) is 6.92 Å². The lowest BCUT2D eigenvalue weighted by Gasteiger charge is -2.36. The van der Waals surface area contributed by atoms with Crippen molar-refractivity contribution < 1.29 is 18.8 Å². The SMILES string of the molecule is COc1ccc(OC)c(-c2cc(C(=O)NC(C)CCN3CCN(c4cccc(C)c4)CC3)no2)c1. The average Bonchev–Trinajstić information content (AvgIpc) is 3.38. The highest BCUT2D eigenvalue weighted by Gasteiger charge is 2.20. The predicted molar refractivity (Wildman–Crippen MR) is 136 cm³/mol. The number of benzene rings is 2. The molecule has 1 aliphatic rings. The minimum atomic E-state index is -0.251. The summed E-state index contributed by atoms with van der Waals surface area (Å²) in [7, 11) is 3.18. The van der Waals surface area contributed by atoms with Gasteiger partial charge in [-0.2, -0.15) is 0 Å². The van der Waals surface area contributed by atoms with Gasteiger partial charge < -0.3 is 24.2 Å². The topological polar surface area (TPSA) is 80.1 Å². The van der Waals surface area contributed by atoms with Crippen molar-refractivity contribution in [3.05, 3.63) is 59.8 Å². The van der Waals surface area contributed by atoms with Crippen LogP contribution in [0.1, 0.15) is 29.4 Å². The highest BCUT2D eigenvalue weighted by Crippen LogP contribution is 2.33. The molecule has 2 aromatic carbocycles. The molecule has 1 amide bonds. The molecule has 0 bridgehead atoms. The number of ether oxygens (including phenoxy) is 2. The number of nitrogens with one attached hydrogen (secondary N) is 1. The fraction of sp³-hybridized carbons (Fsp3) is 0.407. The van der Waals surface area contributed by atoms with E-state index in [-0.39, 0.29) is 17.6 Å². The van der Waals surface area contributed by atoms with E-state index in [4.69, 9.17) is 14.0 Å². The molecule has 0 radical (unpaired) electrons. The first-order chi connectivity index (χ1) is 17.0. The summed E-state index contributed by atoms with van der Waals surface area (Å²) in [5.41, 5.74) is 3.50. The molecule has 1 atom stereocenters. The summed E-state index contributed by atoms with van der Waals surface area (Å²) in [6.45, 7) is 9.15. The molecule has 1 fully saturated rings. The molecule has 0 spiro atoms. The molecule has 35 heavy (non-hydrogen) atoms. The van der Waals surface area contributed by atoms with Crippen LogP contribution in [-0.2, 0) is 0 Å². The lowest BCUT2D eigenvalue weighted by molar-refractivity contribution is 0.0926. The third-order valence-corrected chi connectivity index (χ3v) is 6.41. The first-order valence-electron chi connectivity index (χ1n) is 12.0. The van der Waals surface area contributed by atoms with Gasteiger partial charge in [-0.1, -0.05) is 17.3 Å². The Labute approximate surface area is 206 Å². The van der Waals surface area contributed by atoms with Crippen molar-refractivity contribution >= 4 is 11.6 Å². The number of aryl methyl sites for hydroxylation is 1. The molecular formula is C27H34N4O4. The van der Waals surface area contributed by atoms with Crippen molar-refractivity contribution in [1.82, 2.24) is 15.4 Å². The minimum absolute atomic E-state index is 0.0174. The van der Waals surface area contributed by atoms with Crippen molar-refractivity contribution in [3.8, 4) is 22.8 Å². The second-order valence-corrected chi connectivity index (χ2v) is 8.97. The maximum atomic E-state index is 12.7. The first kappa shape index (κ1) is 24.6. The Morgan fingerprint density at radius 2 is 1.89 bits per heavy atom. The zero-order valence-corrected chi connectivity index (χ0v) is 20.9. The number of methoxy groups -OCH3 is 2. The monoisotopic (exact) mass is 478 g/mol. The smallest absolute Gasteiger partial charge is 0.273 e. The Kier molecular flexibility index (Phi) is 7.92. The number of rotatable bonds is 9. The van der Waals surface area contributed by atoms with Crippen LogP contribution in [0.2, 0.25) is 0 Å². The molecule has 8 heteroatoms. The second-order valence-electron chi connectivity index (χ2n) is 8.97. The minimum Gasteiger partial charge on any atom is -0.497 e. The number of piperazine rings is 1. The Morgan fingerprint density at radius 3 is 2.60 bits per heavy atom. The summed E-state index contributed by atoms with van der Waals surface area (Å²) in [6.07, 6.45) is 0.866. The van der Waals surface area contributed by atoms with Gasteiger partial charge >= 0.3 is 0 Å². The molecule has 186 valence electrons. The van der Waals surface area contributed by atoms with Crippen LogP contribution in [0.3, 0.4) is 0 Å². The number of anilines is 1. The van der Waals surface area contributed by atoms with Gasteiger partial charge in [-0.3, -0.25) is 9.69 Å². The number of nitrogens with zero attached hydrogens (tertiary/aromatic N) is 3. The van der Waals surface area contributed by atoms with Crippen LogP contribution in [0.4, 0.5) is 5.69 Å². The van der Waals surface area contributed by atoms with Crippen molar-refractivity contribution in [2.24, 2.45) is 0 Å². The molecule has 0 aliphatic carbocycles. The fourth-order valence-corrected chi connectivity index (χ4v) is 4.32. The molecular weight excluding hydrogens is 444 g/mol. The van der Waals surface area contributed by atoms with E-state index in [9.17, 15) is 4.79 Å². The standard InChI is InChI=1S/C27H34N4O4/c1-19-6-5-7-21(16-19)31-14-12-30(13-15-31)11-10-20(2)28-27(32)24-18-26(35-29-24)23-17-22(33-3)8-9-25(23)34-4/h5-9,16-18,20H,10-15H2,1-4H3,(H,28,32). The number of aromatic nitrogens is 1. The lowest BCUT2D eigenvalue weighted by Crippen LogP contribution is -2.47. The van der Waals surface area contributed by atoms with Crippen LogP contribution in [0.5, 0.6) is 11.5 Å². The van der Waals surface area contributed by atoms with Gasteiger partial charge in [0.1, 0.15) is 11.5 Å². The van der Waals surface area contributed by atoms with Crippen LogP contribution in [0.15, 0.2) is 53.1 Å². The molecule has 1 aromatic heterocycles. The normalized spacial score (nSPS) is 15.0. The summed E-state index contributed by atoms with van der Waals surface area (Å²) in [5.74, 6) is 1.48. The largest absolute Gasteiger partial charge is 0.497 e. The Hall–Kier alpha value is -3.52. The average molecular weight is 479 g/mol. The fourth-order valence-electron chi connectivity index (χ4n) is 4.32. The number of hydrogen-bond acceptors (Lipinski definition) is 7. The summed E-state index contributed by atoms with van der Waals surface area (Å²) >= 11 is 0. The molecule has 1 saturated heterocycles. The highest BCUT2D eigenvalue weighted by molar-refractivity contribution is 5.93. The van der Waals surface area contributed by atoms with Crippen molar-refractivity contribution in [2.45, 2.75) is 26.3 Å². The first-order valence-corrected chi connectivity index (χ1v) is 12.0. The Bertz CT molecular complexity index is 1140. The van der Waals surface area contributed by atoms with Gasteiger partial charge in [-0.05, 0) is 56.2 Å². The van der Waals surface area contributed by atoms with E-state index in [2.05, 4.69) is 51.5 Å². The van der Waals surface area contributed by atoms with E-state index in [1.165, 1.54) is 11.3 Å². The zero-order valence-electron chi connectivity index (χ0n) is 20.9. The number of carbonyl (C=O) groups excluding carboxylic acids is 1. The molecule has 8 nitrogen and oxygen atoms in total. The van der Waals surface area contributed by atoms with E-state index < -0.39 is 0 Å². The maximum Gasteiger partial charge on any atom is 0.273 e. The van der Waals surface area contributed by atoms with E-state index in [1.807, 2.05) is 6.92 Å². The second kappa shape index (κ2) is 11.3. The van der Waals surface area contributed by atoms with Gasteiger partial charge in [0.2, 0.25) is 0 Å². The molecule has 2 heterocycles. The molecule has 1 N–H and O–H groups in total. The molecule has 3 aromatic rings. The van der Waals surface area contributed by atoms with E-state index >= 15 is 0 Å². The molecule has 4 rings (SSSR count). The van der Waals surface area contributed by atoms with Gasteiger partial charge in [0.15, 0.2) is 11.5 Å². The van der Waals surface area contributed by atoms with Crippen LogP contribution in [0.25, 0.3) is 11.3 Å². The van der Waals surface area contributed by atoms with Crippen molar-refractivity contribution in [2.75, 3.05) is 51.8 Å². The highest BCUT2D eigenvalue weighted by atomic mass is 16.5. The lowest BCUT2D eigenvalue weighted by atomic mass is 10.1. The third-order valence-electron chi connectivity index (χ3n) is 6.41. The predicted octanol–water partition coefficient (Wildman–Crippen LogP) is 4.00. The maximum absolute atomic E-state index is 12.7. The quantitative estimate of drug-likeness (QED) is 0.498. The van der Waals surface area contributed by atoms with Gasteiger partial charge in [0, 0.05) is 50.5 Å². The van der Waals surface area contributed by atoms with Crippen LogP contribution >= 0.6 is 0 Å². The molecule has 1 aliphatic heterocycles. The summed E-state index contributed by atoms with van der Waals surface area (Å²) < 4.78 is 16.1. The summed E-state index contributed by atoms with van der Waals surface area (Å²) in [6, 6.07) is 15.7. The molecule has 0 saturated carbocycles. The van der Waals surface area contributed by atoms with Gasteiger partial charge in [-0.15, -0.1) is 0 Å². The Balaban J connectivity index is 1.26. The van der Waals surface area contributed by atoms with Gasteiger partial charge in [-0.25, -0.2) is 0 Å².